The minimum Gasteiger partial charge on any atom is -0.489 e. The minimum atomic E-state index is -0.665. The van der Waals surface area contributed by atoms with Crippen LogP contribution < -0.4 is 19.6 Å². The number of thiazole rings is 1. The van der Waals surface area contributed by atoms with Gasteiger partial charge in [-0.1, -0.05) is 74.9 Å². The van der Waals surface area contributed by atoms with Crippen LogP contribution in [0.25, 0.3) is 6.08 Å². The summed E-state index contributed by atoms with van der Waals surface area (Å²) in [5.74, 6) is 0.466. The van der Waals surface area contributed by atoms with Crippen molar-refractivity contribution in [1.82, 2.24) is 4.57 Å². The number of ether oxygens (including phenoxy) is 2. The van der Waals surface area contributed by atoms with Gasteiger partial charge in [-0.25, -0.2) is 9.79 Å². The van der Waals surface area contributed by atoms with Crippen LogP contribution in [0.5, 0.6) is 5.75 Å². The lowest BCUT2D eigenvalue weighted by molar-refractivity contribution is -0.384. The van der Waals surface area contributed by atoms with E-state index in [1.54, 1.807) is 29.7 Å². The number of aromatic nitrogens is 1. The highest BCUT2D eigenvalue weighted by Gasteiger charge is 2.34. The summed E-state index contributed by atoms with van der Waals surface area (Å²) in [4.78, 5) is 43.3. The first-order chi connectivity index (χ1) is 21.7. The van der Waals surface area contributed by atoms with Crippen LogP contribution in [0.15, 0.2) is 93.9 Å². The Hall–Kier alpha value is -4.83. The van der Waals surface area contributed by atoms with Gasteiger partial charge in [-0.05, 0) is 71.9 Å². The zero-order chi connectivity index (χ0) is 32.1. The smallest absolute Gasteiger partial charge is 0.338 e. The predicted octanol–water partition coefficient (Wildman–Crippen LogP) is 6.19. The molecule has 4 aromatic rings. The average Bonchev–Trinajstić information content (AvgIpc) is 3.34. The molecule has 0 N–H and O–H groups in total. The number of carbonyl (C=O) groups excluding carboxylic acids is 1. The molecule has 0 saturated heterocycles. The highest BCUT2D eigenvalue weighted by molar-refractivity contribution is 7.07. The Morgan fingerprint density at radius 2 is 1.82 bits per heavy atom. The number of nitro groups is 1. The summed E-state index contributed by atoms with van der Waals surface area (Å²) < 4.78 is 13.5. The van der Waals surface area contributed by atoms with Crippen molar-refractivity contribution < 1.29 is 19.2 Å². The van der Waals surface area contributed by atoms with E-state index in [9.17, 15) is 19.7 Å². The zero-order valence-corrected chi connectivity index (χ0v) is 26.5. The van der Waals surface area contributed by atoms with Gasteiger partial charge in [-0.15, -0.1) is 0 Å². The SMILES string of the molecule is CCCC1=C(C(=O)OCC)[C@H](c2ccc(C(C)C)cc2)n2c(s/c(=C\c3cccc(OCc4ccc([N+](=O)[O-])cc4)c3)c2=O)=N1. The molecule has 0 amide bonds. The number of allylic oxidation sites excluding steroid dienone is 1. The molecule has 0 spiro atoms. The monoisotopic (exact) mass is 625 g/mol. The number of carbonyl (C=O) groups is 1. The van der Waals surface area contributed by atoms with E-state index in [1.165, 1.54) is 23.5 Å². The second kappa shape index (κ2) is 13.9. The molecular weight excluding hydrogens is 590 g/mol. The molecule has 1 aliphatic rings. The van der Waals surface area contributed by atoms with Gasteiger partial charge >= 0.3 is 5.97 Å². The molecule has 10 heteroatoms. The molecule has 0 saturated carbocycles. The third-order valence-electron chi connectivity index (χ3n) is 7.52. The van der Waals surface area contributed by atoms with Crippen molar-refractivity contribution in [3.05, 3.63) is 136 Å². The first-order valence-electron chi connectivity index (χ1n) is 15.0. The third-order valence-corrected chi connectivity index (χ3v) is 8.50. The van der Waals surface area contributed by atoms with E-state index in [4.69, 9.17) is 14.5 Å². The number of fused-ring (bicyclic) bond motifs is 1. The van der Waals surface area contributed by atoms with E-state index in [-0.39, 0.29) is 24.5 Å². The fraction of sp³-hybridized carbons (Fsp3) is 0.286. The molecule has 5 rings (SSSR count). The largest absolute Gasteiger partial charge is 0.489 e. The Morgan fingerprint density at radius 3 is 2.47 bits per heavy atom. The molecule has 2 heterocycles. The Balaban J connectivity index is 1.54. The van der Waals surface area contributed by atoms with Crippen LogP contribution in [0.3, 0.4) is 0 Å². The maximum atomic E-state index is 14.1. The number of hydrogen-bond acceptors (Lipinski definition) is 8. The van der Waals surface area contributed by atoms with Crippen molar-refractivity contribution in [1.29, 1.82) is 0 Å². The summed E-state index contributed by atoms with van der Waals surface area (Å²) in [6.07, 6.45) is 3.16. The molecule has 0 unspecified atom stereocenters. The predicted molar refractivity (Wildman–Crippen MR) is 174 cm³/mol. The van der Waals surface area contributed by atoms with E-state index >= 15 is 0 Å². The van der Waals surface area contributed by atoms with Gasteiger partial charge in [-0.3, -0.25) is 19.5 Å². The van der Waals surface area contributed by atoms with E-state index in [1.807, 2.05) is 55.5 Å². The van der Waals surface area contributed by atoms with Crippen molar-refractivity contribution in [3.8, 4) is 5.75 Å². The van der Waals surface area contributed by atoms with Crippen LogP contribution in [0, 0.1) is 10.1 Å². The van der Waals surface area contributed by atoms with Crippen molar-refractivity contribution in [2.24, 2.45) is 4.99 Å². The van der Waals surface area contributed by atoms with Gasteiger partial charge in [-0.2, -0.15) is 0 Å². The van der Waals surface area contributed by atoms with Crippen molar-refractivity contribution in [2.75, 3.05) is 6.61 Å². The summed E-state index contributed by atoms with van der Waals surface area (Å²) in [5, 5.41) is 10.9. The summed E-state index contributed by atoms with van der Waals surface area (Å²) in [6, 6.07) is 21.0. The molecule has 0 radical (unpaired) electrons. The molecular formula is C35H35N3O6S. The van der Waals surface area contributed by atoms with Crippen LogP contribution >= 0.6 is 11.3 Å². The number of rotatable bonds is 11. The lowest BCUT2D eigenvalue weighted by atomic mass is 9.92. The lowest BCUT2D eigenvalue weighted by Crippen LogP contribution is -2.40. The van der Waals surface area contributed by atoms with Gasteiger partial charge in [0.25, 0.3) is 11.2 Å². The number of non-ortho nitro benzene ring substituents is 1. The molecule has 1 atom stereocenters. The Kier molecular flexibility index (Phi) is 9.73. The van der Waals surface area contributed by atoms with E-state index in [0.29, 0.717) is 38.7 Å². The number of benzene rings is 3. The molecule has 1 aromatic heterocycles. The van der Waals surface area contributed by atoms with Crippen LogP contribution in [0.4, 0.5) is 5.69 Å². The van der Waals surface area contributed by atoms with E-state index < -0.39 is 16.9 Å². The lowest BCUT2D eigenvalue weighted by Gasteiger charge is -2.26. The summed E-state index contributed by atoms with van der Waals surface area (Å²) in [7, 11) is 0. The number of hydrogen-bond donors (Lipinski definition) is 0. The number of esters is 1. The second-order valence-corrected chi connectivity index (χ2v) is 12.0. The Morgan fingerprint density at radius 1 is 1.09 bits per heavy atom. The van der Waals surface area contributed by atoms with Crippen LogP contribution in [-0.2, 0) is 16.1 Å². The quantitative estimate of drug-likeness (QED) is 0.112. The molecule has 3 aromatic carbocycles. The highest BCUT2D eigenvalue weighted by atomic mass is 32.1. The van der Waals surface area contributed by atoms with Gasteiger partial charge in [0.05, 0.1) is 33.4 Å². The maximum Gasteiger partial charge on any atom is 0.338 e. The zero-order valence-electron chi connectivity index (χ0n) is 25.7. The van der Waals surface area contributed by atoms with Gasteiger partial charge in [0.15, 0.2) is 4.80 Å². The van der Waals surface area contributed by atoms with E-state index in [0.717, 1.165) is 28.7 Å². The summed E-state index contributed by atoms with van der Waals surface area (Å²) in [5.41, 5.74) is 4.36. The molecule has 232 valence electrons. The van der Waals surface area contributed by atoms with Gasteiger partial charge < -0.3 is 9.47 Å². The molecule has 1 aliphatic heterocycles. The Bertz CT molecular complexity index is 1920. The first-order valence-corrected chi connectivity index (χ1v) is 15.8. The van der Waals surface area contributed by atoms with Crippen molar-refractivity contribution in [2.45, 2.75) is 59.1 Å². The molecule has 9 nitrogen and oxygen atoms in total. The Labute approximate surface area is 264 Å². The van der Waals surface area contributed by atoms with Gasteiger partial charge in [0.2, 0.25) is 0 Å². The number of nitro benzene ring substituents is 1. The fourth-order valence-electron chi connectivity index (χ4n) is 5.23. The van der Waals surface area contributed by atoms with E-state index in [2.05, 4.69) is 13.8 Å². The third kappa shape index (κ3) is 6.96. The maximum absolute atomic E-state index is 14.1. The van der Waals surface area contributed by atoms with Crippen LogP contribution in [0.2, 0.25) is 0 Å². The molecule has 0 fully saturated rings. The summed E-state index contributed by atoms with van der Waals surface area (Å²) >= 11 is 1.29. The van der Waals surface area contributed by atoms with Crippen LogP contribution in [0.1, 0.15) is 74.8 Å². The van der Waals surface area contributed by atoms with Gasteiger partial charge in [0, 0.05) is 12.1 Å². The van der Waals surface area contributed by atoms with Gasteiger partial charge in [0.1, 0.15) is 12.4 Å². The molecule has 45 heavy (non-hydrogen) atoms. The average molecular weight is 626 g/mol. The topological polar surface area (TPSA) is 113 Å². The minimum absolute atomic E-state index is 0.0215. The molecule has 0 aliphatic carbocycles. The number of nitrogens with zero attached hydrogens (tertiary/aromatic N) is 3. The standard InChI is InChI=1S/C35H35N3O6S/c1-5-8-29-31(34(40)43-6-2)32(26-15-13-25(14-16-26)22(3)4)37-33(39)30(45-35(37)36-29)20-24-9-7-10-28(19-24)44-21-23-11-17-27(18-12-23)38(41)42/h7,9-20,22,32H,5-6,8,21H2,1-4H3/b30-20-/t32-/m0/s1. The summed E-state index contributed by atoms with van der Waals surface area (Å²) in [6.45, 7) is 8.49. The fourth-order valence-corrected chi connectivity index (χ4v) is 6.25. The van der Waals surface area contributed by atoms with Crippen molar-refractivity contribution >= 4 is 29.1 Å². The second-order valence-electron chi connectivity index (χ2n) is 11.0. The highest BCUT2D eigenvalue weighted by Crippen LogP contribution is 2.33. The van der Waals surface area contributed by atoms with Crippen molar-refractivity contribution in [3.63, 3.8) is 0 Å². The first kappa shape index (κ1) is 31.6. The normalized spacial score (nSPS) is 14.7. The molecule has 0 bridgehead atoms. The van der Waals surface area contributed by atoms with Crippen LogP contribution in [-0.4, -0.2) is 22.1 Å².